The standard InChI is InChI=1S/C17H22N2O2/c1-3-11-18-12-13-9-10-15(19-17(13)20)14-7-5-6-8-16(14)21-4-2/h5-10,18H,3-4,11-12H2,1-2H3,(H,19,20). The third kappa shape index (κ3) is 3.95. The molecule has 0 saturated carbocycles. The lowest BCUT2D eigenvalue weighted by atomic mass is 10.1. The first-order valence-corrected chi connectivity index (χ1v) is 7.41. The predicted molar refractivity (Wildman–Crippen MR) is 85.7 cm³/mol. The fourth-order valence-electron chi connectivity index (χ4n) is 2.17. The zero-order valence-corrected chi connectivity index (χ0v) is 12.6. The lowest BCUT2D eigenvalue weighted by molar-refractivity contribution is 0.341. The van der Waals surface area contributed by atoms with Gasteiger partial charge < -0.3 is 15.0 Å². The number of rotatable bonds is 7. The Bertz CT molecular complexity index is 635. The van der Waals surface area contributed by atoms with Crippen molar-refractivity contribution in [2.45, 2.75) is 26.8 Å². The zero-order chi connectivity index (χ0) is 15.1. The van der Waals surface area contributed by atoms with Crippen LogP contribution in [0.1, 0.15) is 25.8 Å². The van der Waals surface area contributed by atoms with Crippen LogP contribution in [0.15, 0.2) is 41.2 Å². The van der Waals surface area contributed by atoms with Crippen molar-refractivity contribution in [1.29, 1.82) is 0 Å². The first kappa shape index (κ1) is 15.3. The second-order valence-electron chi connectivity index (χ2n) is 4.83. The van der Waals surface area contributed by atoms with Gasteiger partial charge in [-0.3, -0.25) is 4.79 Å². The molecule has 1 aromatic heterocycles. The molecule has 1 heterocycles. The van der Waals surface area contributed by atoms with Gasteiger partial charge in [0.1, 0.15) is 5.75 Å². The number of hydrogen-bond donors (Lipinski definition) is 2. The van der Waals surface area contributed by atoms with Gasteiger partial charge >= 0.3 is 0 Å². The Morgan fingerprint density at radius 2 is 1.95 bits per heavy atom. The van der Waals surface area contributed by atoms with E-state index in [0.717, 1.165) is 35.5 Å². The van der Waals surface area contributed by atoms with E-state index in [0.29, 0.717) is 13.2 Å². The summed E-state index contributed by atoms with van der Waals surface area (Å²) < 4.78 is 5.61. The van der Waals surface area contributed by atoms with Gasteiger partial charge in [-0.2, -0.15) is 0 Å². The molecule has 4 heteroatoms. The minimum absolute atomic E-state index is 0.0533. The molecule has 0 radical (unpaired) electrons. The molecular weight excluding hydrogens is 264 g/mol. The second-order valence-corrected chi connectivity index (χ2v) is 4.83. The molecule has 112 valence electrons. The van der Waals surface area contributed by atoms with Gasteiger partial charge in [-0.1, -0.05) is 25.1 Å². The van der Waals surface area contributed by atoms with Crippen LogP contribution >= 0.6 is 0 Å². The number of aromatic amines is 1. The van der Waals surface area contributed by atoms with E-state index in [1.807, 2.05) is 43.3 Å². The highest BCUT2D eigenvalue weighted by atomic mass is 16.5. The van der Waals surface area contributed by atoms with Crippen LogP contribution in [0.3, 0.4) is 0 Å². The predicted octanol–water partition coefficient (Wildman–Crippen LogP) is 2.94. The number of benzene rings is 1. The zero-order valence-electron chi connectivity index (χ0n) is 12.6. The third-order valence-electron chi connectivity index (χ3n) is 3.21. The Hall–Kier alpha value is -2.07. The van der Waals surface area contributed by atoms with Crippen molar-refractivity contribution in [2.75, 3.05) is 13.2 Å². The van der Waals surface area contributed by atoms with Crippen LogP contribution in [0.4, 0.5) is 0 Å². The maximum absolute atomic E-state index is 12.1. The smallest absolute Gasteiger partial charge is 0.252 e. The largest absolute Gasteiger partial charge is 0.493 e. The number of hydrogen-bond acceptors (Lipinski definition) is 3. The summed E-state index contributed by atoms with van der Waals surface area (Å²) in [6, 6.07) is 11.5. The van der Waals surface area contributed by atoms with Crippen molar-refractivity contribution >= 4 is 0 Å². The van der Waals surface area contributed by atoms with Gasteiger partial charge in [0.05, 0.1) is 12.3 Å². The van der Waals surface area contributed by atoms with E-state index in [2.05, 4.69) is 17.2 Å². The maximum Gasteiger partial charge on any atom is 0.252 e. The summed E-state index contributed by atoms with van der Waals surface area (Å²) in [6.07, 6.45) is 1.05. The molecule has 0 aliphatic rings. The Kier molecular flexibility index (Phi) is 5.58. The maximum atomic E-state index is 12.1. The third-order valence-corrected chi connectivity index (χ3v) is 3.21. The average Bonchev–Trinajstić information content (AvgIpc) is 2.50. The van der Waals surface area contributed by atoms with Crippen molar-refractivity contribution in [3.63, 3.8) is 0 Å². The van der Waals surface area contributed by atoms with Gasteiger partial charge in [0.15, 0.2) is 0 Å². The summed E-state index contributed by atoms with van der Waals surface area (Å²) in [7, 11) is 0. The molecule has 2 rings (SSSR count). The molecule has 0 aliphatic heterocycles. The topological polar surface area (TPSA) is 54.1 Å². The van der Waals surface area contributed by atoms with E-state index < -0.39 is 0 Å². The molecule has 2 aromatic rings. The Labute approximate surface area is 125 Å². The lowest BCUT2D eigenvalue weighted by Gasteiger charge is -2.10. The van der Waals surface area contributed by atoms with Crippen LogP contribution in [0, 0.1) is 0 Å². The van der Waals surface area contributed by atoms with Crippen molar-refractivity contribution in [1.82, 2.24) is 10.3 Å². The Morgan fingerprint density at radius 1 is 1.14 bits per heavy atom. The first-order valence-electron chi connectivity index (χ1n) is 7.41. The van der Waals surface area contributed by atoms with E-state index in [9.17, 15) is 4.79 Å². The molecule has 0 fully saturated rings. The van der Waals surface area contributed by atoms with E-state index in [1.54, 1.807) is 0 Å². The van der Waals surface area contributed by atoms with E-state index in [1.165, 1.54) is 0 Å². The van der Waals surface area contributed by atoms with Crippen molar-refractivity contribution in [3.05, 3.63) is 52.3 Å². The summed E-state index contributed by atoms with van der Waals surface area (Å²) >= 11 is 0. The lowest BCUT2D eigenvalue weighted by Crippen LogP contribution is -2.21. The Morgan fingerprint density at radius 3 is 2.67 bits per heavy atom. The normalized spacial score (nSPS) is 10.6. The number of pyridine rings is 1. The molecular formula is C17H22N2O2. The van der Waals surface area contributed by atoms with Gasteiger partial charge in [-0.25, -0.2) is 0 Å². The van der Waals surface area contributed by atoms with Crippen molar-refractivity contribution < 1.29 is 4.74 Å². The molecule has 2 N–H and O–H groups in total. The molecule has 0 amide bonds. The van der Waals surface area contributed by atoms with Crippen LogP contribution in [0.25, 0.3) is 11.3 Å². The summed E-state index contributed by atoms with van der Waals surface area (Å²) in [5.74, 6) is 0.785. The summed E-state index contributed by atoms with van der Waals surface area (Å²) in [5.41, 5.74) is 2.39. The second kappa shape index (κ2) is 7.64. The van der Waals surface area contributed by atoms with Crippen molar-refractivity contribution in [3.8, 4) is 17.0 Å². The molecule has 0 unspecified atom stereocenters. The number of para-hydroxylation sites is 1. The highest BCUT2D eigenvalue weighted by Crippen LogP contribution is 2.27. The monoisotopic (exact) mass is 286 g/mol. The summed E-state index contributed by atoms with van der Waals surface area (Å²) in [6.45, 7) is 6.15. The average molecular weight is 286 g/mol. The fourth-order valence-corrected chi connectivity index (χ4v) is 2.17. The first-order chi connectivity index (χ1) is 10.3. The van der Waals surface area contributed by atoms with Gasteiger partial charge in [0.25, 0.3) is 5.56 Å². The SMILES string of the molecule is CCCNCc1ccc(-c2ccccc2OCC)[nH]c1=O. The molecule has 0 aliphatic carbocycles. The van der Waals surface area contributed by atoms with E-state index in [-0.39, 0.29) is 5.56 Å². The number of H-pyrrole nitrogens is 1. The van der Waals surface area contributed by atoms with Gasteiger partial charge in [-0.05, 0) is 38.1 Å². The van der Waals surface area contributed by atoms with Crippen LogP contribution in [-0.2, 0) is 6.54 Å². The fraction of sp³-hybridized carbons (Fsp3) is 0.353. The Balaban J connectivity index is 2.26. The van der Waals surface area contributed by atoms with E-state index in [4.69, 9.17) is 4.74 Å². The molecule has 0 saturated heterocycles. The number of ether oxygens (including phenoxy) is 1. The van der Waals surface area contributed by atoms with Crippen LogP contribution in [0.5, 0.6) is 5.75 Å². The minimum Gasteiger partial charge on any atom is -0.493 e. The quantitative estimate of drug-likeness (QED) is 0.769. The molecule has 21 heavy (non-hydrogen) atoms. The summed E-state index contributed by atoms with van der Waals surface area (Å²) in [4.78, 5) is 15.1. The number of nitrogens with one attached hydrogen (secondary N) is 2. The molecule has 0 spiro atoms. The molecule has 0 bridgehead atoms. The van der Waals surface area contributed by atoms with E-state index >= 15 is 0 Å². The molecule has 1 aromatic carbocycles. The minimum atomic E-state index is -0.0533. The highest BCUT2D eigenvalue weighted by Gasteiger charge is 2.07. The molecule has 4 nitrogen and oxygen atoms in total. The number of aromatic nitrogens is 1. The van der Waals surface area contributed by atoms with Gasteiger partial charge in [0, 0.05) is 17.7 Å². The van der Waals surface area contributed by atoms with Gasteiger partial charge in [-0.15, -0.1) is 0 Å². The van der Waals surface area contributed by atoms with Gasteiger partial charge in [0.2, 0.25) is 0 Å². The van der Waals surface area contributed by atoms with Crippen molar-refractivity contribution in [2.24, 2.45) is 0 Å². The van der Waals surface area contributed by atoms with Crippen LogP contribution in [0.2, 0.25) is 0 Å². The molecule has 0 atom stereocenters. The highest BCUT2D eigenvalue weighted by molar-refractivity contribution is 5.66. The van der Waals surface area contributed by atoms with Crippen LogP contribution in [-0.4, -0.2) is 18.1 Å². The summed E-state index contributed by atoms with van der Waals surface area (Å²) in [5, 5.41) is 3.24. The van der Waals surface area contributed by atoms with Crippen LogP contribution < -0.4 is 15.6 Å².